The number of likely N-dealkylation sites (N-methyl/N-ethyl adjacent to an activating group) is 1. The molecule has 0 aliphatic rings. The van der Waals surface area contributed by atoms with Crippen LogP contribution in [-0.4, -0.2) is 51.2 Å². The standard InChI is InChI=1S/C14H21FN2O2/c1-11-4-5-13(15)12(10-11)14(18)16-6-7-17(2)8-9-19-3/h4-5,10H,6-9H2,1-3H3,(H,16,18). The van der Waals surface area contributed by atoms with Crippen LogP contribution < -0.4 is 5.32 Å². The van der Waals surface area contributed by atoms with E-state index in [9.17, 15) is 9.18 Å². The van der Waals surface area contributed by atoms with Gasteiger partial charge in [-0.15, -0.1) is 0 Å². The molecule has 1 aromatic carbocycles. The van der Waals surface area contributed by atoms with Gasteiger partial charge in [-0.2, -0.15) is 0 Å². The molecular formula is C14H21FN2O2. The fraction of sp³-hybridized carbons (Fsp3) is 0.500. The Kier molecular flexibility index (Phi) is 6.45. The van der Waals surface area contributed by atoms with Gasteiger partial charge >= 0.3 is 0 Å². The third-order valence-electron chi connectivity index (χ3n) is 2.82. The summed E-state index contributed by atoms with van der Waals surface area (Å²) in [4.78, 5) is 13.9. The van der Waals surface area contributed by atoms with Gasteiger partial charge in [-0.05, 0) is 26.1 Å². The van der Waals surface area contributed by atoms with Crippen molar-refractivity contribution in [2.45, 2.75) is 6.92 Å². The lowest BCUT2D eigenvalue weighted by molar-refractivity contribution is 0.0943. The lowest BCUT2D eigenvalue weighted by atomic mass is 10.1. The zero-order valence-corrected chi connectivity index (χ0v) is 11.7. The minimum absolute atomic E-state index is 0.0968. The maximum Gasteiger partial charge on any atom is 0.254 e. The van der Waals surface area contributed by atoms with Gasteiger partial charge in [0.1, 0.15) is 5.82 Å². The minimum Gasteiger partial charge on any atom is -0.383 e. The highest BCUT2D eigenvalue weighted by molar-refractivity contribution is 5.94. The number of carbonyl (C=O) groups excluding carboxylic acids is 1. The van der Waals surface area contributed by atoms with Crippen LogP contribution in [0.5, 0.6) is 0 Å². The molecule has 1 N–H and O–H groups in total. The molecule has 0 radical (unpaired) electrons. The summed E-state index contributed by atoms with van der Waals surface area (Å²) in [6.45, 7) is 4.45. The van der Waals surface area contributed by atoms with Crippen molar-refractivity contribution in [3.05, 3.63) is 35.1 Å². The number of aryl methyl sites for hydroxylation is 1. The molecule has 0 bridgehead atoms. The predicted molar refractivity (Wildman–Crippen MR) is 72.8 cm³/mol. The Balaban J connectivity index is 2.41. The monoisotopic (exact) mass is 268 g/mol. The van der Waals surface area contributed by atoms with Gasteiger partial charge in [-0.1, -0.05) is 11.6 Å². The summed E-state index contributed by atoms with van der Waals surface area (Å²) in [7, 11) is 3.59. The summed E-state index contributed by atoms with van der Waals surface area (Å²) in [5.74, 6) is -0.864. The molecule has 0 aromatic heterocycles. The summed E-state index contributed by atoms with van der Waals surface area (Å²) in [6, 6.07) is 4.51. The third-order valence-corrected chi connectivity index (χ3v) is 2.82. The number of rotatable bonds is 7. The third kappa shape index (κ3) is 5.36. The second kappa shape index (κ2) is 7.86. The van der Waals surface area contributed by atoms with Crippen molar-refractivity contribution in [2.75, 3.05) is 40.4 Å². The van der Waals surface area contributed by atoms with Crippen molar-refractivity contribution < 1.29 is 13.9 Å². The van der Waals surface area contributed by atoms with Crippen molar-refractivity contribution in [3.63, 3.8) is 0 Å². The number of benzene rings is 1. The van der Waals surface area contributed by atoms with Crippen LogP contribution in [0, 0.1) is 12.7 Å². The van der Waals surface area contributed by atoms with Gasteiger partial charge in [-0.25, -0.2) is 4.39 Å². The van der Waals surface area contributed by atoms with E-state index in [2.05, 4.69) is 5.32 Å². The molecule has 1 amide bonds. The lowest BCUT2D eigenvalue weighted by Gasteiger charge is -2.16. The highest BCUT2D eigenvalue weighted by atomic mass is 19.1. The smallest absolute Gasteiger partial charge is 0.254 e. The van der Waals surface area contributed by atoms with Gasteiger partial charge < -0.3 is 15.0 Å². The Hall–Kier alpha value is -1.46. The Bertz CT molecular complexity index is 424. The summed E-state index contributed by atoms with van der Waals surface area (Å²) < 4.78 is 18.4. The number of ether oxygens (including phenoxy) is 1. The summed E-state index contributed by atoms with van der Waals surface area (Å²) >= 11 is 0. The zero-order valence-electron chi connectivity index (χ0n) is 11.7. The van der Waals surface area contributed by atoms with Crippen molar-refractivity contribution in [3.8, 4) is 0 Å². The first-order valence-electron chi connectivity index (χ1n) is 6.26. The fourth-order valence-corrected chi connectivity index (χ4v) is 1.63. The molecule has 19 heavy (non-hydrogen) atoms. The quantitative estimate of drug-likeness (QED) is 0.813. The van der Waals surface area contributed by atoms with Crippen LogP contribution in [0.1, 0.15) is 15.9 Å². The minimum atomic E-state index is -0.490. The van der Waals surface area contributed by atoms with Crippen LogP contribution in [0.4, 0.5) is 4.39 Å². The first kappa shape index (κ1) is 15.6. The van der Waals surface area contributed by atoms with E-state index in [1.807, 2.05) is 18.9 Å². The van der Waals surface area contributed by atoms with E-state index >= 15 is 0 Å². The molecule has 0 spiro atoms. The molecule has 0 saturated heterocycles. The van der Waals surface area contributed by atoms with E-state index in [-0.39, 0.29) is 11.5 Å². The molecule has 0 aliphatic heterocycles. The van der Waals surface area contributed by atoms with Gasteiger partial charge in [0.05, 0.1) is 12.2 Å². The van der Waals surface area contributed by atoms with E-state index in [1.54, 1.807) is 19.2 Å². The number of hydrogen-bond donors (Lipinski definition) is 1. The Morgan fingerprint density at radius 1 is 1.42 bits per heavy atom. The first-order chi connectivity index (χ1) is 9.04. The van der Waals surface area contributed by atoms with Crippen molar-refractivity contribution in [1.29, 1.82) is 0 Å². The number of amides is 1. The second-order valence-electron chi connectivity index (χ2n) is 4.54. The van der Waals surface area contributed by atoms with E-state index in [0.717, 1.165) is 12.1 Å². The van der Waals surface area contributed by atoms with Crippen LogP contribution in [-0.2, 0) is 4.74 Å². The van der Waals surface area contributed by atoms with E-state index in [1.165, 1.54) is 6.07 Å². The molecule has 0 aliphatic carbocycles. The van der Waals surface area contributed by atoms with Crippen LogP contribution in [0.2, 0.25) is 0 Å². The Morgan fingerprint density at radius 3 is 2.84 bits per heavy atom. The molecule has 1 rings (SSSR count). The van der Waals surface area contributed by atoms with Crippen molar-refractivity contribution >= 4 is 5.91 Å². The lowest BCUT2D eigenvalue weighted by Crippen LogP contribution is -2.34. The molecule has 0 unspecified atom stereocenters. The number of hydrogen-bond acceptors (Lipinski definition) is 3. The molecule has 4 nitrogen and oxygen atoms in total. The molecule has 0 saturated carbocycles. The van der Waals surface area contributed by atoms with Crippen LogP contribution in [0.3, 0.4) is 0 Å². The van der Waals surface area contributed by atoms with Crippen molar-refractivity contribution in [2.24, 2.45) is 0 Å². The molecule has 1 aromatic rings. The predicted octanol–water partition coefficient (Wildman–Crippen LogP) is 1.44. The molecule has 106 valence electrons. The Labute approximate surface area is 113 Å². The first-order valence-corrected chi connectivity index (χ1v) is 6.26. The summed E-state index contributed by atoms with van der Waals surface area (Å²) in [5, 5.41) is 2.71. The average molecular weight is 268 g/mol. The van der Waals surface area contributed by atoms with Gasteiger partial charge in [0.25, 0.3) is 5.91 Å². The molecular weight excluding hydrogens is 247 g/mol. The number of carbonyl (C=O) groups is 1. The van der Waals surface area contributed by atoms with Crippen LogP contribution in [0.15, 0.2) is 18.2 Å². The molecule has 5 heteroatoms. The fourth-order valence-electron chi connectivity index (χ4n) is 1.63. The van der Waals surface area contributed by atoms with Gasteiger partial charge in [-0.3, -0.25) is 4.79 Å². The second-order valence-corrected chi connectivity index (χ2v) is 4.54. The van der Waals surface area contributed by atoms with Crippen LogP contribution in [0.25, 0.3) is 0 Å². The highest BCUT2D eigenvalue weighted by Gasteiger charge is 2.11. The van der Waals surface area contributed by atoms with Crippen LogP contribution >= 0.6 is 0 Å². The number of halogens is 1. The van der Waals surface area contributed by atoms with Gasteiger partial charge in [0.15, 0.2) is 0 Å². The number of methoxy groups -OCH3 is 1. The van der Waals surface area contributed by atoms with E-state index < -0.39 is 5.82 Å². The zero-order chi connectivity index (χ0) is 14.3. The molecule has 0 fully saturated rings. The topological polar surface area (TPSA) is 41.6 Å². The molecule has 0 atom stereocenters. The summed E-state index contributed by atoms with van der Waals surface area (Å²) in [5.41, 5.74) is 0.961. The highest BCUT2D eigenvalue weighted by Crippen LogP contribution is 2.09. The van der Waals surface area contributed by atoms with Gasteiger partial charge in [0, 0.05) is 26.7 Å². The molecule has 0 heterocycles. The Morgan fingerprint density at radius 2 is 2.16 bits per heavy atom. The largest absolute Gasteiger partial charge is 0.383 e. The van der Waals surface area contributed by atoms with Crippen molar-refractivity contribution in [1.82, 2.24) is 10.2 Å². The average Bonchev–Trinajstić information content (AvgIpc) is 2.39. The maximum atomic E-state index is 13.5. The van der Waals surface area contributed by atoms with E-state index in [0.29, 0.717) is 19.7 Å². The maximum absolute atomic E-state index is 13.5. The number of nitrogens with one attached hydrogen (secondary N) is 1. The SMILES string of the molecule is COCCN(C)CCNC(=O)c1cc(C)ccc1F. The normalized spacial score (nSPS) is 10.8. The van der Waals surface area contributed by atoms with E-state index in [4.69, 9.17) is 4.74 Å². The van der Waals surface area contributed by atoms with Gasteiger partial charge in [0.2, 0.25) is 0 Å². The summed E-state index contributed by atoms with van der Waals surface area (Å²) in [6.07, 6.45) is 0. The number of nitrogens with zero attached hydrogens (tertiary/aromatic N) is 1.